The highest BCUT2D eigenvalue weighted by Crippen LogP contribution is 2.40. The van der Waals surface area contributed by atoms with Gasteiger partial charge in [0.1, 0.15) is 0 Å². The van der Waals surface area contributed by atoms with E-state index in [2.05, 4.69) is 0 Å². The topological polar surface area (TPSA) is 74.6 Å². The van der Waals surface area contributed by atoms with E-state index in [1.54, 1.807) is 6.07 Å². The fraction of sp³-hybridized carbons (Fsp3) is 0.273. The quantitative estimate of drug-likeness (QED) is 0.772. The summed E-state index contributed by atoms with van der Waals surface area (Å²) in [6.45, 7) is 0. The number of carboxylic acids is 2. The standard InChI is InChI=1S/C11H9ClO4/c12-7-1-2-8-6(5-7)3-4-11(8,9(13)14)10(15)16/h1-2,5H,3-4H2,(H,13,14)(H,15,16). The number of rotatable bonds is 2. The van der Waals surface area contributed by atoms with Crippen LogP contribution in [0.3, 0.4) is 0 Å². The summed E-state index contributed by atoms with van der Waals surface area (Å²) in [5, 5.41) is 18.8. The molecule has 2 N–H and O–H groups in total. The Morgan fingerprint density at radius 2 is 1.88 bits per heavy atom. The third-order valence-electron chi connectivity index (χ3n) is 3.03. The zero-order valence-corrected chi connectivity index (χ0v) is 8.99. The minimum Gasteiger partial charge on any atom is -0.480 e. The Morgan fingerprint density at radius 3 is 2.44 bits per heavy atom. The Hall–Kier alpha value is -1.55. The largest absolute Gasteiger partial charge is 0.480 e. The lowest BCUT2D eigenvalue weighted by Gasteiger charge is -2.19. The van der Waals surface area contributed by atoms with E-state index < -0.39 is 17.4 Å². The zero-order chi connectivity index (χ0) is 11.9. The van der Waals surface area contributed by atoms with Crippen LogP contribution in [-0.4, -0.2) is 22.2 Å². The van der Waals surface area contributed by atoms with E-state index in [4.69, 9.17) is 21.8 Å². The Bertz CT molecular complexity index is 467. The molecule has 1 aromatic rings. The molecule has 1 aliphatic rings. The first kappa shape index (κ1) is 11.0. The van der Waals surface area contributed by atoms with Crippen molar-refractivity contribution in [1.29, 1.82) is 0 Å². The van der Waals surface area contributed by atoms with Crippen LogP contribution in [0, 0.1) is 0 Å². The first-order chi connectivity index (χ1) is 7.48. The van der Waals surface area contributed by atoms with Crippen molar-refractivity contribution in [3.63, 3.8) is 0 Å². The van der Waals surface area contributed by atoms with Gasteiger partial charge in [-0.2, -0.15) is 0 Å². The SMILES string of the molecule is O=C(O)C1(C(=O)O)CCc2cc(Cl)ccc21. The third kappa shape index (κ3) is 1.30. The molecule has 0 bridgehead atoms. The second kappa shape index (κ2) is 3.49. The van der Waals surface area contributed by atoms with Gasteiger partial charge < -0.3 is 10.2 Å². The van der Waals surface area contributed by atoms with Crippen molar-refractivity contribution >= 4 is 23.5 Å². The molecule has 0 fully saturated rings. The first-order valence-corrected chi connectivity index (χ1v) is 5.12. The van der Waals surface area contributed by atoms with Crippen molar-refractivity contribution in [2.45, 2.75) is 18.3 Å². The van der Waals surface area contributed by atoms with Crippen LogP contribution < -0.4 is 0 Å². The summed E-state index contributed by atoms with van der Waals surface area (Å²) in [5.41, 5.74) is -0.755. The fourth-order valence-electron chi connectivity index (χ4n) is 2.18. The van der Waals surface area contributed by atoms with Crippen molar-refractivity contribution in [2.24, 2.45) is 0 Å². The van der Waals surface area contributed by atoms with Gasteiger partial charge in [0.2, 0.25) is 0 Å². The molecule has 1 aliphatic carbocycles. The normalized spacial score (nSPS) is 16.8. The average molecular weight is 241 g/mol. The van der Waals surface area contributed by atoms with E-state index in [9.17, 15) is 9.59 Å². The molecule has 0 saturated heterocycles. The van der Waals surface area contributed by atoms with Crippen LogP contribution in [0.1, 0.15) is 17.5 Å². The number of fused-ring (bicyclic) bond motifs is 1. The van der Waals surface area contributed by atoms with Gasteiger partial charge in [0.25, 0.3) is 0 Å². The first-order valence-electron chi connectivity index (χ1n) is 4.74. The van der Waals surface area contributed by atoms with E-state index >= 15 is 0 Å². The predicted molar refractivity (Wildman–Crippen MR) is 56.7 cm³/mol. The maximum atomic E-state index is 11.2. The van der Waals surface area contributed by atoms with E-state index in [0.29, 0.717) is 22.6 Å². The molecule has 5 heteroatoms. The van der Waals surface area contributed by atoms with Gasteiger partial charge in [-0.05, 0) is 36.1 Å². The molecular formula is C11H9ClO4. The van der Waals surface area contributed by atoms with Crippen molar-refractivity contribution in [3.05, 3.63) is 34.3 Å². The monoisotopic (exact) mass is 240 g/mol. The maximum Gasteiger partial charge on any atom is 0.325 e. The molecule has 84 valence electrons. The van der Waals surface area contributed by atoms with Gasteiger partial charge in [-0.3, -0.25) is 9.59 Å². The van der Waals surface area contributed by atoms with Crippen LogP contribution in [0.4, 0.5) is 0 Å². The zero-order valence-electron chi connectivity index (χ0n) is 8.24. The molecule has 0 saturated carbocycles. The van der Waals surface area contributed by atoms with E-state index in [0.717, 1.165) is 0 Å². The molecule has 0 atom stereocenters. The van der Waals surface area contributed by atoms with E-state index in [1.807, 2.05) is 0 Å². The molecule has 0 amide bonds. The van der Waals surface area contributed by atoms with Gasteiger partial charge in [0.05, 0.1) is 0 Å². The number of benzene rings is 1. The van der Waals surface area contributed by atoms with Gasteiger partial charge in [0, 0.05) is 5.02 Å². The molecule has 16 heavy (non-hydrogen) atoms. The molecule has 0 aliphatic heterocycles. The number of aliphatic carboxylic acids is 2. The van der Waals surface area contributed by atoms with Gasteiger partial charge in [-0.1, -0.05) is 17.7 Å². The Kier molecular flexibility index (Phi) is 2.39. The molecule has 0 radical (unpaired) electrons. The van der Waals surface area contributed by atoms with Gasteiger partial charge in [-0.15, -0.1) is 0 Å². The molecule has 4 nitrogen and oxygen atoms in total. The fourth-order valence-corrected chi connectivity index (χ4v) is 2.37. The van der Waals surface area contributed by atoms with Crippen molar-refractivity contribution in [3.8, 4) is 0 Å². The van der Waals surface area contributed by atoms with E-state index in [1.165, 1.54) is 12.1 Å². The second-order valence-electron chi connectivity index (χ2n) is 3.82. The van der Waals surface area contributed by atoms with Crippen LogP contribution in [-0.2, 0) is 21.4 Å². The van der Waals surface area contributed by atoms with Crippen molar-refractivity contribution in [2.75, 3.05) is 0 Å². The number of halogens is 1. The van der Waals surface area contributed by atoms with Crippen LogP contribution >= 0.6 is 11.6 Å². The molecular weight excluding hydrogens is 232 g/mol. The van der Waals surface area contributed by atoms with Crippen molar-refractivity contribution in [1.82, 2.24) is 0 Å². The van der Waals surface area contributed by atoms with Crippen LogP contribution in [0.5, 0.6) is 0 Å². The highest BCUT2D eigenvalue weighted by atomic mass is 35.5. The minimum atomic E-state index is -1.81. The smallest absolute Gasteiger partial charge is 0.325 e. The summed E-state index contributed by atoms with van der Waals surface area (Å²) >= 11 is 5.78. The van der Waals surface area contributed by atoms with Crippen molar-refractivity contribution < 1.29 is 19.8 Å². The predicted octanol–water partition coefficient (Wildman–Crippen LogP) is 1.69. The maximum absolute atomic E-state index is 11.2. The molecule has 0 unspecified atom stereocenters. The molecule has 0 heterocycles. The van der Waals surface area contributed by atoms with Gasteiger partial charge >= 0.3 is 11.9 Å². The summed E-state index contributed by atoms with van der Waals surface area (Å²) in [4.78, 5) is 22.4. The number of carboxylic acid groups (broad SMARTS) is 2. The minimum absolute atomic E-state index is 0.0767. The average Bonchev–Trinajstić information content (AvgIpc) is 2.56. The van der Waals surface area contributed by atoms with Gasteiger partial charge in [0.15, 0.2) is 5.41 Å². The lowest BCUT2D eigenvalue weighted by atomic mass is 9.82. The van der Waals surface area contributed by atoms with E-state index in [-0.39, 0.29) is 6.42 Å². The van der Waals surface area contributed by atoms with Crippen LogP contribution in [0.15, 0.2) is 18.2 Å². The highest BCUT2D eigenvalue weighted by molar-refractivity contribution is 6.30. The number of aryl methyl sites for hydroxylation is 1. The summed E-state index contributed by atoms with van der Waals surface area (Å²) in [7, 11) is 0. The Morgan fingerprint density at radius 1 is 1.25 bits per heavy atom. The molecule has 0 aromatic heterocycles. The summed E-state index contributed by atoms with van der Waals surface area (Å²) in [5.74, 6) is -2.64. The summed E-state index contributed by atoms with van der Waals surface area (Å²) < 4.78 is 0. The highest BCUT2D eigenvalue weighted by Gasteiger charge is 2.52. The van der Waals surface area contributed by atoms with Crippen LogP contribution in [0.2, 0.25) is 5.02 Å². The lowest BCUT2D eigenvalue weighted by Crippen LogP contribution is -2.41. The molecule has 1 aromatic carbocycles. The Balaban J connectivity index is 2.64. The number of carbonyl (C=O) groups is 2. The van der Waals surface area contributed by atoms with Gasteiger partial charge in [-0.25, -0.2) is 0 Å². The number of hydrogen-bond acceptors (Lipinski definition) is 2. The summed E-state index contributed by atoms with van der Waals surface area (Å²) in [6, 6.07) is 4.64. The Labute approximate surface area is 96.5 Å². The summed E-state index contributed by atoms with van der Waals surface area (Å²) in [6.07, 6.45) is 0.502. The molecule has 0 spiro atoms. The second-order valence-corrected chi connectivity index (χ2v) is 4.25. The third-order valence-corrected chi connectivity index (χ3v) is 3.26. The lowest BCUT2D eigenvalue weighted by molar-refractivity contribution is -0.157. The van der Waals surface area contributed by atoms with Crippen LogP contribution in [0.25, 0.3) is 0 Å². The molecule has 2 rings (SSSR count). The number of hydrogen-bond donors (Lipinski definition) is 2.